The first-order chi connectivity index (χ1) is 7.70. The summed E-state index contributed by atoms with van der Waals surface area (Å²) in [7, 11) is 1.87. The topological polar surface area (TPSA) is 64.1 Å². The van der Waals surface area contributed by atoms with Gasteiger partial charge in [0.05, 0.1) is 0 Å². The maximum absolute atomic E-state index is 5.93. The van der Waals surface area contributed by atoms with Crippen LogP contribution in [0.25, 0.3) is 11.1 Å². The largest absolute Gasteiger partial charge is 0.399 e. The lowest BCUT2D eigenvalue weighted by Crippen LogP contribution is -1.94. The van der Waals surface area contributed by atoms with Gasteiger partial charge in [-0.3, -0.25) is 0 Å². The maximum Gasteiger partial charge on any atom is 0.0393 e. The summed E-state index contributed by atoms with van der Waals surface area (Å²) in [6.45, 7) is 0. The van der Waals surface area contributed by atoms with Gasteiger partial charge in [-0.2, -0.15) is 0 Å². The van der Waals surface area contributed by atoms with Gasteiger partial charge in [0.25, 0.3) is 0 Å². The first kappa shape index (κ1) is 10.4. The number of nitrogens with one attached hydrogen (secondary N) is 1. The van der Waals surface area contributed by atoms with E-state index in [-0.39, 0.29) is 0 Å². The summed E-state index contributed by atoms with van der Waals surface area (Å²) in [4.78, 5) is 0. The molecule has 5 N–H and O–H groups in total. The average Bonchev–Trinajstić information content (AvgIpc) is 2.28. The smallest absolute Gasteiger partial charge is 0.0393 e. The van der Waals surface area contributed by atoms with Crippen molar-refractivity contribution in [2.75, 3.05) is 23.8 Å². The molecule has 0 aromatic heterocycles. The van der Waals surface area contributed by atoms with E-state index in [9.17, 15) is 0 Å². The number of rotatable bonds is 2. The quantitative estimate of drug-likeness (QED) is 0.672. The summed E-state index contributed by atoms with van der Waals surface area (Å²) in [5.74, 6) is 0. The summed E-state index contributed by atoms with van der Waals surface area (Å²) in [5, 5.41) is 3.08. The molecule has 0 heterocycles. The number of nitrogens with two attached hydrogens (primary N) is 2. The summed E-state index contributed by atoms with van der Waals surface area (Å²) in [6, 6.07) is 13.6. The molecule has 2 aromatic rings. The van der Waals surface area contributed by atoms with E-state index in [0.717, 1.165) is 28.2 Å². The highest BCUT2D eigenvalue weighted by Gasteiger charge is 2.03. The highest BCUT2D eigenvalue weighted by molar-refractivity contribution is 5.80. The molecule has 0 aliphatic carbocycles. The molecule has 0 radical (unpaired) electrons. The first-order valence-corrected chi connectivity index (χ1v) is 5.14. The van der Waals surface area contributed by atoms with Gasteiger partial charge < -0.3 is 16.8 Å². The van der Waals surface area contributed by atoms with Gasteiger partial charge in [0, 0.05) is 29.7 Å². The van der Waals surface area contributed by atoms with Crippen LogP contribution < -0.4 is 16.8 Å². The summed E-state index contributed by atoms with van der Waals surface area (Å²) in [5.41, 5.74) is 16.3. The van der Waals surface area contributed by atoms with E-state index in [2.05, 4.69) is 5.32 Å². The SMILES string of the molecule is CNc1cc(N)cc(-c2ccccc2N)c1. The Hall–Kier alpha value is -2.16. The Morgan fingerprint density at radius 2 is 1.75 bits per heavy atom. The van der Waals surface area contributed by atoms with Crippen LogP contribution in [-0.2, 0) is 0 Å². The molecular formula is C13H15N3. The summed E-state index contributed by atoms with van der Waals surface area (Å²) < 4.78 is 0. The predicted octanol–water partition coefficient (Wildman–Crippen LogP) is 2.56. The van der Waals surface area contributed by atoms with Crippen LogP contribution in [-0.4, -0.2) is 7.05 Å². The molecule has 0 aliphatic heterocycles. The average molecular weight is 213 g/mol. The molecule has 0 saturated heterocycles. The van der Waals surface area contributed by atoms with E-state index < -0.39 is 0 Å². The van der Waals surface area contributed by atoms with Crippen molar-refractivity contribution in [1.29, 1.82) is 0 Å². The third kappa shape index (κ3) is 1.93. The van der Waals surface area contributed by atoms with Gasteiger partial charge in [0.1, 0.15) is 0 Å². The lowest BCUT2D eigenvalue weighted by molar-refractivity contribution is 1.50. The predicted molar refractivity (Wildman–Crippen MR) is 70.2 cm³/mol. The van der Waals surface area contributed by atoms with Gasteiger partial charge in [0.2, 0.25) is 0 Å². The molecule has 82 valence electrons. The van der Waals surface area contributed by atoms with Crippen molar-refractivity contribution in [2.45, 2.75) is 0 Å². The Morgan fingerprint density at radius 3 is 2.44 bits per heavy atom. The van der Waals surface area contributed by atoms with E-state index in [1.54, 1.807) is 0 Å². The first-order valence-electron chi connectivity index (χ1n) is 5.14. The second kappa shape index (κ2) is 4.14. The maximum atomic E-state index is 5.93. The van der Waals surface area contributed by atoms with Gasteiger partial charge in [-0.1, -0.05) is 18.2 Å². The van der Waals surface area contributed by atoms with Crippen LogP contribution in [0.2, 0.25) is 0 Å². The second-order valence-electron chi connectivity index (χ2n) is 3.68. The number of anilines is 3. The number of para-hydroxylation sites is 1. The van der Waals surface area contributed by atoms with Crippen LogP contribution in [0, 0.1) is 0 Å². The van der Waals surface area contributed by atoms with Crippen LogP contribution in [0.1, 0.15) is 0 Å². The van der Waals surface area contributed by atoms with Gasteiger partial charge in [-0.25, -0.2) is 0 Å². The fourth-order valence-corrected chi connectivity index (χ4v) is 1.71. The zero-order valence-corrected chi connectivity index (χ0v) is 9.20. The van der Waals surface area contributed by atoms with Crippen molar-refractivity contribution in [2.24, 2.45) is 0 Å². The minimum atomic E-state index is 0.727. The highest BCUT2D eigenvalue weighted by atomic mass is 14.8. The van der Waals surface area contributed by atoms with Gasteiger partial charge in [-0.15, -0.1) is 0 Å². The summed E-state index contributed by atoms with van der Waals surface area (Å²) in [6.07, 6.45) is 0. The van der Waals surface area contributed by atoms with Crippen molar-refractivity contribution >= 4 is 17.1 Å². The van der Waals surface area contributed by atoms with Crippen molar-refractivity contribution < 1.29 is 0 Å². The van der Waals surface area contributed by atoms with Crippen molar-refractivity contribution in [3.63, 3.8) is 0 Å². The van der Waals surface area contributed by atoms with E-state index in [1.807, 2.05) is 49.5 Å². The van der Waals surface area contributed by atoms with Crippen LogP contribution in [0.15, 0.2) is 42.5 Å². The molecule has 0 atom stereocenters. The molecule has 0 unspecified atom stereocenters. The molecule has 0 fully saturated rings. The minimum Gasteiger partial charge on any atom is -0.399 e. The molecule has 0 saturated carbocycles. The number of hydrogen-bond donors (Lipinski definition) is 3. The molecule has 2 aromatic carbocycles. The van der Waals surface area contributed by atoms with Crippen LogP contribution >= 0.6 is 0 Å². The van der Waals surface area contributed by atoms with Crippen molar-refractivity contribution in [3.8, 4) is 11.1 Å². The monoisotopic (exact) mass is 213 g/mol. The lowest BCUT2D eigenvalue weighted by atomic mass is 10.0. The Kier molecular flexibility index (Phi) is 2.68. The molecule has 3 nitrogen and oxygen atoms in total. The van der Waals surface area contributed by atoms with Crippen molar-refractivity contribution in [3.05, 3.63) is 42.5 Å². The third-order valence-corrected chi connectivity index (χ3v) is 2.52. The third-order valence-electron chi connectivity index (χ3n) is 2.52. The molecule has 16 heavy (non-hydrogen) atoms. The van der Waals surface area contributed by atoms with E-state index in [0.29, 0.717) is 0 Å². The molecule has 0 amide bonds. The molecule has 0 bridgehead atoms. The molecule has 3 heteroatoms. The van der Waals surface area contributed by atoms with Crippen LogP contribution in [0.4, 0.5) is 17.1 Å². The zero-order valence-electron chi connectivity index (χ0n) is 9.20. The van der Waals surface area contributed by atoms with Gasteiger partial charge in [0.15, 0.2) is 0 Å². The highest BCUT2D eigenvalue weighted by Crippen LogP contribution is 2.29. The minimum absolute atomic E-state index is 0.727. The van der Waals surface area contributed by atoms with Gasteiger partial charge in [-0.05, 0) is 29.8 Å². The van der Waals surface area contributed by atoms with E-state index in [1.165, 1.54) is 0 Å². The summed E-state index contributed by atoms with van der Waals surface area (Å²) >= 11 is 0. The van der Waals surface area contributed by atoms with E-state index >= 15 is 0 Å². The molecule has 0 spiro atoms. The standard InChI is InChI=1S/C13H15N3/c1-16-11-7-9(6-10(14)8-11)12-4-2-3-5-13(12)15/h2-8,16H,14-15H2,1H3. The molecule has 0 aliphatic rings. The molecular weight excluding hydrogens is 198 g/mol. The Labute approximate surface area is 95.1 Å². The zero-order chi connectivity index (χ0) is 11.5. The van der Waals surface area contributed by atoms with Crippen molar-refractivity contribution in [1.82, 2.24) is 0 Å². The Balaban J connectivity index is 2.56. The lowest BCUT2D eigenvalue weighted by Gasteiger charge is -2.09. The fourth-order valence-electron chi connectivity index (χ4n) is 1.71. The fraction of sp³-hybridized carbons (Fsp3) is 0.0769. The van der Waals surface area contributed by atoms with E-state index in [4.69, 9.17) is 11.5 Å². The Bertz CT molecular complexity index is 506. The van der Waals surface area contributed by atoms with Gasteiger partial charge >= 0.3 is 0 Å². The number of benzene rings is 2. The number of hydrogen-bond acceptors (Lipinski definition) is 3. The molecule has 2 rings (SSSR count). The second-order valence-corrected chi connectivity index (χ2v) is 3.68. The van der Waals surface area contributed by atoms with Crippen LogP contribution in [0.3, 0.4) is 0 Å². The Morgan fingerprint density at radius 1 is 1.00 bits per heavy atom. The van der Waals surface area contributed by atoms with Crippen LogP contribution in [0.5, 0.6) is 0 Å². The normalized spacial score (nSPS) is 10.1. The number of nitrogen functional groups attached to an aromatic ring is 2.